The van der Waals surface area contributed by atoms with Gasteiger partial charge in [-0.15, -0.1) is 0 Å². The van der Waals surface area contributed by atoms with Crippen LogP contribution >= 0.6 is 0 Å². The van der Waals surface area contributed by atoms with E-state index in [1.165, 1.54) is 5.57 Å². The van der Waals surface area contributed by atoms with Crippen molar-refractivity contribution >= 4 is 22.4 Å². The van der Waals surface area contributed by atoms with Gasteiger partial charge in [-0.1, -0.05) is 66.3 Å². The summed E-state index contributed by atoms with van der Waals surface area (Å²) in [4.78, 5) is 13.2. The van der Waals surface area contributed by atoms with E-state index in [1.807, 2.05) is 53.1 Å². The van der Waals surface area contributed by atoms with Gasteiger partial charge in [-0.2, -0.15) is 0 Å². The van der Waals surface area contributed by atoms with Crippen molar-refractivity contribution in [2.24, 2.45) is 0 Å². The molecule has 25 heavy (non-hydrogen) atoms. The summed E-state index contributed by atoms with van der Waals surface area (Å²) in [6.07, 6.45) is 9.43. The van der Waals surface area contributed by atoms with Crippen LogP contribution in [0.5, 0.6) is 0 Å². The molecule has 0 spiro atoms. The molecule has 0 saturated carbocycles. The van der Waals surface area contributed by atoms with E-state index in [4.69, 9.17) is 0 Å². The zero-order valence-corrected chi connectivity index (χ0v) is 14.1. The molecule has 1 aliphatic carbocycles. The lowest BCUT2D eigenvalue weighted by Crippen LogP contribution is -2.14. The van der Waals surface area contributed by atoms with E-state index in [-0.39, 0.29) is 5.91 Å². The van der Waals surface area contributed by atoms with Gasteiger partial charge in [-0.3, -0.25) is 9.36 Å². The van der Waals surface area contributed by atoms with Crippen LogP contribution in [0.2, 0.25) is 0 Å². The Morgan fingerprint density at radius 2 is 1.72 bits per heavy atom. The van der Waals surface area contributed by atoms with Crippen LogP contribution in [0.25, 0.3) is 16.5 Å². The number of hydrogen-bond acceptors (Lipinski definition) is 1. The average molecular weight is 325 g/mol. The number of nitrogens with zero attached hydrogens (tertiary/aromatic N) is 1. The van der Waals surface area contributed by atoms with E-state index in [0.717, 1.165) is 28.6 Å². The van der Waals surface area contributed by atoms with Crippen LogP contribution in [0, 0.1) is 0 Å². The number of fused-ring (bicyclic) bond motifs is 1. The maximum absolute atomic E-state index is 13.2. The Morgan fingerprint density at radius 3 is 2.56 bits per heavy atom. The van der Waals surface area contributed by atoms with Crippen molar-refractivity contribution in [3.8, 4) is 0 Å². The summed E-state index contributed by atoms with van der Waals surface area (Å²) in [6, 6.07) is 19.6. The van der Waals surface area contributed by atoms with Gasteiger partial charge in [0.2, 0.25) is 0 Å². The minimum absolute atomic E-state index is 0.00366. The fourth-order valence-corrected chi connectivity index (χ4v) is 3.19. The third-order valence-electron chi connectivity index (χ3n) is 4.52. The molecule has 2 heteroatoms. The van der Waals surface area contributed by atoms with E-state index in [9.17, 15) is 4.79 Å². The summed E-state index contributed by atoms with van der Waals surface area (Å²) in [5.74, 6) is -0.00366. The fraction of sp³-hybridized carbons (Fsp3) is 0.0870. The van der Waals surface area contributed by atoms with Gasteiger partial charge in [0, 0.05) is 10.9 Å². The van der Waals surface area contributed by atoms with Crippen molar-refractivity contribution in [1.82, 2.24) is 4.57 Å². The second kappa shape index (κ2) is 6.40. The molecule has 1 aromatic heterocycles. The molecule has 0 radical (unpaired) electrons. The topological polar surface area (TPSA) is 22.0 Å². The Morgan fingerprint density at radius 1 is 0.960 bits per heavy atom. The molecule has 0 saturated heterocycles. The molecule has 3 aromatic rings. The molecule has 0 bridgehead atoms. The number of hydrogen-bond donors (Lipinski definition) is 0. The van der Waals surface area contributed by atoms with Gasteiger partial charge < -0.3 is 0 Å². The first-order valence-corrected chi connectivity index (χ1v) is 8.48. The third kappa shape index (κ3) is 2.87. The maximum Gasteiger partial charge on any atom is 0.262 e. The molecule has 0 amide bonds. The first-order chi connectivity index (χ1) is 12.2. The summed E-state index contributed by atoms with van der Waals surface area (Å²) in [7, 11) is 0. The van der Waals surface area contributed by atoms with Crippen LogP contribution in [-0.4, -0.2) is 10.5 Å². The molecule has 4 rings (SSSR count). The van der Waals surface area contributed by atoms with E-state index >= 15 is 0 Å². The molecule has 1 heterocycles. The molecular formula is C23H19NO. The van der Waals surface area contributed by atoms with Crippen molar-refractivity contribution in [2.45, 2.75) is 13.3 Å². The lowest BCUT2D eigenvalue weighted by atomic mass is 10.1. The minimum atomic E-state index is -0.00366. The summed E-state index contributed by atoms with van der Waals surface area (Å²) in [5, 5.41) is 1.07. The number of carbonyl (C=O) groups excluding carboxylic acids is 1. The standard InChI is InChI=1S/C23H19NO/c1-17-8-7-12-18(15-14-17)22-16-20-11-5-6-13-21(20)24(22)23(25)19-9-3-2-4-10-19/h2-7,9-16H,8H2,1H3. The van der Waals surface area contributed by atoms with Gasteiger partial charge in [-0.25, -0.2) is 0 Å². The van der Waals surface area contributed by atoms with E-state index in [2.05, 4.69) is 43.4 Å². The van der Waals surface area contributed by atoms with Crippen LogP contribution in [0.4, 0.5) is 0 Å². The van der Waals surface area contributed by atoms with E-state index in [1.54, 1.807) is 0 Å². The van der Waals surface area contributed by atoms with Gasteiger partial charge in [0.1, 0.15) is 0 Å². The summed E-state index contributed by atoms with van der Waals surface area (Å²) in [6.45, 7) is 2.12. The van der Waals surface area contributed by atoms with Gasteiger partial charge >= 0.3 is 0 Å². The van der Waals surface area contributed by atoms with Crippen LogP contribution in [0.3, 0.4) is 0 Å². The quantitative estimate of drug-likeness (QED) is 0.599. The van der Waals surface area contributed by atoms with Gasteiger partial charge in [-0.05, 0) is 43.2 Å². The molecule has 0 aliphatic heterocycles. The number of aromatic nitrogens is 1. The predicted octanol–water partition coefficient (Wildman–Crippen LogP) is 5.62. The molecule has 2 aromatic carbocycles. The highest BCUT2D eigenvalue weighted by Gasteiger charge is 2.18. The third-order valence-corrected chi connectivity index (χ3v) is 4.52. The number of rotatable bonds is 2. The Labute approximate surface area is 147 Å². The summed E-state index contributed by atoms with van der Waals surface area (Å²) >= 11 is 0. The Balaban J connectivity index is 1.95. The monoisotopic (exact) mass is 325 g/mol. The van der Waals surface area contributed by atoms with Crippen molar-refractivity contribution in [2.75, 3.05) is 0 Å². The SMILES string of the molecule is CC1=CC=C(c2cc3ccccc3n2C(=O)c2ccccc2)C=CC1. The zero-order valence-electron chi connectivity index (χ0n) is 14.1. The average Bonchev–Trinajstić information content (AvgIpc) is 2.90. The number of benzene rings is 2. The Bertz CT molecular complexity index is 1030. The van der Waals surface area contributed by atoms with Crippen LogP contribution in [-0.2, 0) is 0 Å². The lowest BCUT2D eigenvalue weighted by molar-refractivity contribution is 0.0964. The van der Waals surface area contributed by atoms with Crippen LogP contribution in [0.1, 0.15) is 29.4 Å². The molecule has 0 N–H and O–H groups in total. The molecule has 2 nitrogen and oxygen atoms in total. The van der Waals surface area contributed by atoms with Crippen molar-refractivity contribution in [1.29, 1.82) is 0 Å². The minimum Gasteiger partial charge on any atom is -0.276 e. The zero-order chi connectivity index (χ0) is 17.2. The van der Waals surface area contributed by atoms with Crippen molar-refractivity contribution in [3.05, 3.63) is 102 Å². The molecule has 122 valence electrons. The summed E-state index contributed by atoms with van der Waals surface area (Å²) < 4.78 is 1.83. The second-order valence-electron chi connectivity index (χ2n) is 6.34. The smallest absolute Gasteiger partial charge is 0.262 e. The second-order valence-corrected chi connectivity index (χ2v) is 6.34. The van der Waals surface area contributed by atoms with Crippen LogP contribution in [0.15, 0.2) is 90.5 Å². The Kier molecular flexibility index (Phi) is 3.95. The van der Waals surface area contributed by atoms with Gasteiger partial charge in [0.05, 0.1) is 11.2 Å². The predicted molar refractivity (Wildman–Crippen MR) is 104 cm³/mol. The molecule has 1 aliphatic rings. The lowest BCUT2D eigenvalue weighted by Gasteiger charge is -2.10. The molecule has 0 unspecified atom stereocenters. The van der Waals surface area contributed by atoms with Gasteiger partial charge in [0.15, 0.2) is 0 Å². The normalized spacial score (nSPS) is 14.1. The number of allylic oxidation sites excluding steroid dienone is 6. The first-order valence-electron chi connectivity index (χ1n) is 8.48. The highest BCUT2D eigenvalue weighted by molar-refractivity contribution is 6.05. The highest BCUT2D eigenvalue weighted by Crippen LogP contribution is 2.28. The van der Waals surface area contributed by atoms with Crippen molar-refractivity contribution in [3.63, 3.8) is 0 Å². The van der Waals surface area contributed by atoms with Crippen LogP contribution < -0.4 is 0 Å². The largest absolute Gasteiger partial charge is 0.276 e. The molecular weight excluding hydrogens is 306 g/mol. The Hall–Kier alpha value is -3.13. The van der Waals surface area contributed by atoms with Gasteiger partial charge in [0.25, 0.3) is 5.91 Å². The fourth-order valence-electron chi connectivity index (χ4n) is 3.19. The number of carbonyl (C=O) groups is 1. The maximum atomic E-state index is 13.2. The van der Waals surface area contributed by atoms with E-state index in [0.29, 0.717) is 5.56 Å². The van der Waals surface area contributed by atoms with Crippen molar-refractivity contribution < 1.29 is 4.79 Å². The highest BCUT2D eigenvalue weighted by atomic mass is 16.2. The van der Waals surface area contributed by atoms with E-state index < -0.39 is 0 Å². The summed E-state index contributed by atoms with van der Waals surface area (Å²) in [5.41, 5.74) is 4.92. The molecule has 0 fully saturated rings. The first kappa shape index (κ1) is 15.4. The number of para-hydroxylation sites is 1. The molecule has 0 atom stereocenters.